The van der Waals surface area contributed by atoms with Gasteiger partial charge in [0, 0.05) is 24.2 Å². The van der Waals surface area contributed by atoms with Crippen molar-refractivity contribution in [1.82, 2.24) is 14.5 Å². The van der Waals surface area contributed by atoms with Crippen molar-refractivity contribution in [3.8, 4) is 10.6 Å². The maximum atomic E-state index is 12.7. The number of amides is 1. The van der Waals surface area contributed by atoms with Crippen molar-refractivity contribution in [1.29, 1.82) is 0 Å². The Balaban J connectivity index is 1.82. The Hall–Kier alpha value is -2.33. The van der Waals surface area contributed by atoms with Gasteiger partial charge < -0.3 is 0 Å². The standard InChI is InChI=1S/C19H19ClN4O3S2/c1-12(2)24(3)29(26,27)14-8-6-7-13(11-14)17(25)21-19-23-22-18(28-19)15-9-4-5-10-16(15)20/h4-12H,1-3H3,(H,21,23,25). The molecule has 1 amide bonds. The highest BCUT2D eigenvalue weighted by Crippen LogP contribution is 2.31. The Kier molecular flexibility index (Phi) is 6.33. The third-order valence-electron chi connectivity index (χ3n) is 4.25. The van der Waals surface area contributed by atoms with E-state index in [1.807, 2.05) is 18.2 Å². The lowest BCUT2D eigenvalue weighted by Gasteiger charge is -2.21. The molecule has 7 nitrogen and oxygen atoms in total. The molecule has 0 radical (unpaired) electrons. The number of anilines is 1. The van der Waals surface area contributed by atoms with E-state index in [1.54, 1.807) is 26.0 Å². The van der Waals surface area contributed by atoms with E-state index in [-0.39, 0.29) is 21.6 Å². The second-order valence-corrected chi connectivity index (χ2v) is 9.87. The van der Waals surface area contributed by atoms with E-state index >= 15 is 0 Å². The van der Waals surface area contributed by atoms with Gasteiger partial charge in [0.25, 0.3) is 5.91 Å². The van der Waals surface area contributed by atoms with Crippen LogP contribution in [-0.4, -0.2) is 41.9 Å². The second kappa shape index (κ2) is 8.58. The fourth-order valence-corrected chi connectivity index (χ4v) is 4.90. The lowest BCUT2D eigenvalue weighted by Crippen LogP contribution is -2.33. The van der Waals surface area contributed by atoms with Crippen LogP contribution < -0.4 is 5.32 Å². The van der Waals surface area contributed by atoms with Crippen molar-refractivity contribution in [3.63, 3.8) is 0 Å². The van der Waals surface area contributed by atoms with Crippen LogP contribution in [-0.2, 0) is 10.0 Å². The molecule has 0 aliphatic carbocycles. The van der Waals surface area contributed by atoms with Gasteiger partial charge in [-0.05, 0) is 38.1 Å². The molecule has 1 heterocycles. The average molecular weight is 451 g/mol. The van der Waals surface area contributed by atoms with Crippen LogP contribution in [0.15, 0.2) is 53.4 Å². The van der Waals surface area contributed by atoms with E-state index < -0.39 is 15.9 Å². The predicted octanol–water partition coefficient (Wildman–Crippen LogP) is 4.14. The van der Waals surface area contributed by atoms with Crippen LogP contribution in [0.25, 0.3) is 10.6 Å². The lowest BCUT2D eigenvalue weighted by atomic mass is 10.2. The molecule has 3 aromatic rings. The van der Waals surface area contributed by atoms with Crippen molar-refractivity contribution in [2.24, 2.45) is 0 Å². The van der Waals surface area contributed by atoms with Crippen LogP contribution in [0, 0.1) is 0 Å². The van der Waals surface area contributed by atoms with Gasteiger partial charge in [0.05, 0.1) is 9.92 Å². The molecule has 3 rings (SSSR count). The fourth-order valence-electron chi connectivity index (χ4n) is 2.43. The summed E-state index contributed by atoms with van der Waals surface area (Å²) in [4.78, 5) is 12.7. The minimum absolute atomic E-state index is 0.0513. The topological polar surface area (TPSA) is 92.3 Å². The molecule has 0 aliphatic rings. The summed E-state index contributed by atoms with van der Waals surface area (Å²) in [5, 5.41) is 12.1. The molecule has 152 valence electrons. The van der Waals surface area contributed by atoms with Gasteiger partial charge in [-0.1, -0.05) is 47.2 Å². The lowest BCUT2D eigenvalue weighted by molar-refractivity contribution is 0.102. The monoisotopic (exact) mass is 450 g/mol. The van der Waals surface area contributed by atoms with E-state index in [1.165, 1.54) is 40.9 Å². The molecule has 0 spiro atoms. The highest BCUT2D eigenvalue weighted by Gasteiger charge is 2.24. The van der Waals surface area contributed by atoms with Crippen molar-refractivity contribution >= 4 is 44.0 Å². The summed E-state index contributed by atoms with van der Waals surface area (Å²) < 4.78 is 26.6. The Morgan fingerprint density at radius 2 is 1.86 bits per heavy atom. The summed E-state index contributed by atoms with van der Waals surface area (Å²) >= 11 is 7.34. The molecule has 0 bridgehead atoms. The van der Waals surface area contributed by atoms with E-state index in [9.17, 15) is 13.2 Å². The number of nitrogens with zero attached hydrogens (tertiary/aromatic N) is 3. The number of carbonyl (C=O) groups is 1. The zero-order valence-corrected chi connectivity index (χ0v) is 18.3. The normalized spacial score (nSPS) is 11.8. The number of rotatable bonds is 6. The summed E-state index contributed by atoms with van der Waals surface area (Å²) in [6.45, 7) is 3.56. The zero-order chi connectivity index (χ0) is 21.2. The number of carbonyl (C=O) groups excluding carboxylic acids is 1. The number of sulfonamides is 1. The van der Waals surface area contributed by atoms with Crippen LogP contribution in [0.4, 0.5) is 5.13 Å². The number of aromatic nitrogens is 2. The van der Waals surface area contributed by atoms with Crippen LogP contribution in [0.1, 0.15) is 24.2 Å². The van der Waals surface area contributed by atoms with Crippen molar-refractivity contribution < 1.29 is 13.2 Å². The molecule has 1 aromatic heterocycles. The third-order valence-corrected chi connectivity index (χ3v) is 7.48. The first-order valence-corrected chi connectivity index (χ1v) is 11.3. The van der Waals surface area contributed by atoms with Gasteiger partial charge in [-0.15, -0.1) is 10.2 Å². The summed E-state index contributed by atoms with van der Waals surface area (Å²) in [6.07, 6.45) is 0. The van der Waals surface area contributed by atoms with Crippen LogP contribution >= 0.6 is 22.9 Å². The third kappa shape index (κ3) is 4.64. The summed E-state index contributed by atoms with van der Waals surface area (Å²) in [6, 6.07) is 12.9. The smallest absolute Gasteiger partial charge is 0.257 e. The largest absolute Gasteiger partial charge is 0.296 e. The highest BCUT2D eigenvalue weighted by atomic mass is 35.5. The quantitative estimate of drug-likeness (QED) is 0.609. The molecule has 1 N–H and O–H groups in total. The van der Waals surface area contributed by atoms with Gasteiger partial charge in [0.15, 0.2) is 5.01 Å². The molecular formula is C19H19ClN4O3S2. The van der Waals surface area contributed by atoms with Crippen LogP contribution in [0.2, 0.25) is 5.02 Å². The zero-order valence-electron chi connectivity index (χ0n) is 16.0. The number of hydrogen-bond acceptors (Lipinski definition) is 6. The molecule has 10 heteroatoms. The maximum absolute atomic E-state index is 12.7. The van der Waals surface area contributed by atoms with Gasteiger partial charge in [0.2, 0.25) is 15.2 Å². The van der Waals surface area contributed by atoms with Gasteiger partial charge in [-0.2, -0.15) is 4.31 Å². The number of nitrogens with one attached hydrogen (secondary N) is 1. The molecule has 0 saturated carbocycles. The molecule has 0 unspecified atom stereocenters. The van der Waals surface area contributed by atoms with Gasteiger partial charge in [0.1, 0.15) is 0 Å². The maximum Gasteiger partial charge on any atom is 0.257 e. The van der Waals surface area contributed by atoms with Crippen molar-refractivity contribution in [2.45, 2.75) is 24.8 Å². The number of hydrogen-bond donors (Lipinski definition) is 1. The number of halogens is 1. The Morgan fingerprint density at radius 1 is 1.14 bits per heavy atom. The SMILES string of the molecule is CC(C)N(C)S(=O)(=O)c1cccc(C(=O)Nc2nnc(-c3ccccc3Cl)s2)c1. The Morgan fingerprint density at radius 3 is 2.55 bits per heavy atom. The molecule has 0 fully saturated rings. The van der Waals surface area contributed by atoms with Crippen LogP contribution in [0.3, 0.4) is 0 Å². The van der Waals surface area contributed by atoms with Gasteiger partial charge in [-0.25, -0.2) is 8.42 Å². The molecule has 2 aromatic carbocycles. The Labute approximate surface area is 178 Å². The first-order chi connectivity index (χ1) is 13.7. The fraction of sp³-hybridized carbons (Fsp3) is 0.211. The molecule has 0 saturated heterocycles. The van der Waals surface area contributed by atoms with Crippen molar-refractivity contribution in [3.05, 3.63) is 59.1 Å². The van der Waals surface area contributed by atoms with E-state index in [0.29, 0.717) is 10.0 Å². The van der Waals surface area contributed by atoms with Gasteiger partial charge in [-0.3, -0.25) is 10.1 Å². The first-order valence-electron chi connectivity index (χ1n) is 8.68. The van der Waals surface area contributed by atoms with Crippen LogP contribution in [0.5, 0.6) is 0 Å². The molecular weight excluding hydrogens is 432 g/mol. The van der Waals surface area contributed by atoms with Gasteiger partial charge >= 0.3 is 0 Å². The minimum atomic E-state index is -3.69. The summed E-state index contributed by atoms with van der Waals surface area (Å²) in [7, 11) is -2.19. The van der Waals surface area contributed by atoms with E-state index in [4.69, 9.17) is 11.6 Å². The van der Waals surface area contributed by atoms with E-state index in [2.05, 4.69) is 15.5 Å². The minimum Gasteiger partial charge on any atom is -0.296 e. The van der Waals surface area contributed by atoms with E-state index in [0.717, 1.165) is 5.56 Å². The highest BCUT2D eigenvalue weighted by molar-refractivity contribution is 7.89. The second-order valence-electron chi connectivity index (χ2n) is 6.49. The molecule has 0 aliphatic heterocycles. The number of benzene rings is 2. The molecule has 0 atom stereocenters. The average Bonchev–Trinajstić information content (AvgIpc) is 3.15. The molecule has 29 heavy (non-hydrogen) atoms. The first kappa shape index (κ1) is 21.4. The van der Waals surface area contributed by atoms with Crippen molar-refractivity contribution in [2.75, 3.05) is 12.4 Å². The summed E-state index contributed by atoms with van der Waals surface area (Å²) in [5.74, 6) is -0.476. The predicted molar refractivity (Wildman–Crippen MR) is 115 cm³/mol. The summed E-state index contributed by atoms with van der Waals surface area (Å²) in [5.41, 5.74) is 0.926. The Bertz CT molecular complexity index is 1150.